The fourth-order valence-electron chi connectivity index (χ4n) is 2.09. The Morgan fingerprint density at radius 3 is 2.53 bits per heavy atom. The Bertz CT molecular complexity index is 280. The molecule has 1 saturated heterocycles. The molecule has 5 heteroatoms. The number of hydrogen-bond donors (Lipinski definition) is 1. The molecular weight excluding hydrogens is 222 g/mol. The van der Waals surface area contributed by atoms with Gasteiger partial charge in [0.2, 0.25) is 0 Å². The first-order chi connectivity index (χ1) is 8.08. The van der Waals surface area contributed by atoms with E-state index in [1.807, 2.05) is 13.8 Å². The van der Waals surface area contributed by atoms with E-state index >= 15 is 0 Å². The molecule has 1 amide bonds. The van der Waals surface area contributed by atoms with E-state index in [1.165, 1.54) is 4.90 Å². The number of carbonyl (C=O) groups excluding carboxylic acids is 1. The zero-order valence-corrected chi connectivity index (χ0v) is 10.5. The van der Waals surface area contributed by atoms with Crippen LogP contribution in [0.4, 0.5) is 0 Å². The van der Waals surface area contributed by atoms with Gasteiger partial charge in [0.15, 0.2) is 0 Å². The van der Waals surface area contributed by atoms with Gasteiger partial charge in [0, 0.05) is 6.54 Å². The summed E-state index contributed by atoms with van der Waals surface area (Å²) in [7, 11) is 0. The molecule has 2 atom stereocenters. The lowest BCUT2D eigenvalue weighted by molar-refractivity contribution is -0.150. The van der Waals surface area contributed by atoms with Crippen molar-refractivity contribution in [3.05, 3.63) is 0 Å². The molecule has 1 aliphatic heterocycles. The lowest BCUT2D eigenvalue weighted by Crippen LogP contribution is -2.42. The molecule has 98 valence electrons. The molecule has 0 aromatic carbocycles. The number of ether oxygens (including phenoxy) is 1. The summed E-state index contributed by atoms with van der Waals surface area (Å²) < 4.78 is 5.60. The molecule has 17 heavy (non-hydrogen) atoms. The summed E-state index contributed by atoms with van der Waals surface area (Å²) in [6.07, 6.45) is 2.96. The van der Waals surface area contributed by atoms with Crippen LogP contribution in [0.15, 0.2) is 0 Å². The number of carboxylic acid groups (broad SMARTS) is 1. The zero-order chi connectivity index (χ0) is 12.8. The second-order valence-corrected chi connectivity index (χ2v) is 4.39. The van der Waals surface area contributed by atoms with E-state index in [0.717, 1.165) is 19.3 Å². The number of nitrogens with zero attached hydrogens (tertiary/aromatic N) is 1. The number of hydrogen-bond acceptors (Lipinski definition) is 3. The smallest absolute Gasteiger partial charge is 0.323 e. The van der Waals surface area contributed by atoms with E-state index in [0.29, 0.717) is 13.0 Å². The molecule has 0 aromatic heterocycles. The van der Waals surface area contributed by atoms with Crippen LogP contribution in [0.1, 0.15) is 39.5 Å². The summed E-state index contributed by atoms with van der Waals surface area (Å²) in [5.74, 6) is -1.15. The minimum atomic E-state index is -0.975. The Balaban J connectivity index is 2.55. The number of rotatable bonds is 6. The molecule has 2 unspecified atom stereocenters. The van der Waals surface area contributed by atoms with Crippen LogP contribution in [-0.2, 0) is 14.3 Å². The summed E-state index contributed by atoms with van der Waals surface area (Å²) in [5.41, 5.74) is 0. The number of amides is 1. The van der Waals surface area contributed by atoms with E-state index in [1.54, 1.807) is 0 Å². The standard InChI is InChI=1S/C12H21NO4/c1-3-7-13(8-11(14)15)12(16)10-6-5-9(4-2)17-10/h9-10H,3-8H2,1-2H3,(H,14,15). The zero-order valence-electron chi connectivity index (χ0n) is 10.5. The highest BCUT2D eigenvalue weighted by atomic mass is 16.5. The normalized spacial score (nSPS) is 23.6. The van der Waals surface area contributed by atoms with Crippen LogP contribution >= 0.6 is 0 Å². The molecule has 1 N–H and O–H groups in total. The van der Waals surface area contributed by atoms with Crippen molar-refractivity contribution >= 4 is 11.9 Å². The first-order valence-corrected chi connectivity index (χ1v) is 6.24. The van der Waals surface area contributed by atoms with E-state index in [9.17, 15) is 9.59 Å². The lowest BCUT2D eigenvalue weighted by Gasteiger charge is -2.23. The van der Waals surface area contributed by atoms with Gasteiger partial charge >= 0.3 is 5.97 Å². The van der Waals surface area contributed by atoms with Gasteiger partial charge in [-0.05, 0) is 25.7 Å². The summed E-state index contributed by atoms with van der Waals surface area (Å²) in [6, 6.07) is 0. The summed E-state index contributed by atoms with van der Waals surface area (Å²) in [4.78, 5) is 24.1. The van der Waals surface area contributed by atoms with Gasteiger partial charge in [0.25, 0.3) is 5.91 Å². The minimum absolute atomic E-state index is 0.150. The van der Waals surface area contributed by atoms with Crippen LogP contribution in [0.25, 0.3) is 0 Å². The van der Waals surface area contributed by atoms with Gasteiger partial charge in [0.05, 0.1) is 6.10 Å². The van der Waals surface area contributed by atoms with E-state index in [2.05, 4.69) is 0 Å². The van der Waals surface area contributed by atoms with Gasteiger partial charge in [0.1, 0.15) is 12.6 Å². The second kappa shape index (κ2) is 6.59. The maximum Gasteiger partial charge on any atom is 0.323 e. The second-order valence-electron chi connectivity index (χ2n) is 4.39. The van der Waals surface area contributed by atoms with Gasteiger partial charge < -0.3 is 14.7 Å². The Labute approximate surface area is 102 Å². The lowest BCUT2D eigenvalue weighted by atomic mass is 10.1. The maximum absolute atomic E-state index is 12.1. The highest BCUT2D eigenvalue weighted by Gasteiger charge is 2.32. The Morgan fingerprint density at radius 2 is 2.06 bits per heavy atom. The van der Waals surface area contributed by atoms with Crippen molar-refractivity contribution < 1.29 is 19.4 Å². The van der Waals surface area contributed by atoms with Crippen LogP contribution < -0.4 is 0 Å². The van der Waals surface area contributed by atoms with Crippen molar-refractivity contribution in [3.8, 4) is 0 Å². The molecule has 5 nitrogen and oxygen atoms in total. The topological polar surface area (TPSA) is 66.8 Å². The summed E-state index contributed by atoms with van der Waals surface area (Å²) in [6.45, 7) is 4.19. The summed E-state index contributed by atoms with van der Waals surface area (Å²) in [5, 5.41) is 8.77. The molecule has 0 radical (unpaired) electrons. The molecule has 0 aromatic rings. The molecule has 1 aliphatic rings. The van der Waals surface area contributed by atoms with Gasteiger partial charge in [-0.3, -0.25) is 9.59 Å². The van der Waals surface area contributed by atoms with E-state index in [4.69, 9.17) is 9.84 Å². The highest BCUT2D eigenvalue weighted by Crippen LogP contribution is 2.23. The molecule has 0 saturated carbocycles. The van der Waals surface area contributed by atoms with Crippen molar-refractivity contribution in [1.29, 1.82) is 0 Å². The van der Waals surface area contributed by atoms with E-state index < -0.39 is 12.1 Å². The first kappa shape index (κ1) is 14.0. The molecular formula is C12H21NO4. The van der Waals surface area contributed by atoms with Crippen molar-refractivity contribution in [2.24, 2.45) is 0 Å². The molecule has 0 bridgehead atoms. The number of carbonyl (C=O) groups is 2. The van der Waals surface area contributed by atoms with Crippen LogP contribution in [0.5, 0.6) is 0 Å². The Morgan fingerprint density at radius 1 is 1.35 bits per heavy atom. The van der Waals surface area contributed by atoms with Crippen LogP contribution in [0, 0.1) is 0 Å². The fraction of sp³-hybridized carbons (Fsp3) is 0.833. The minimum Gasteiger partial charge on any atom is -0.480 e. The van der Waals surface area contributed by atoms with E-state index in [-0.39, 0.29) is 18.6 Å². The Kier molecular flexibility index (Phi) is 5.41. The maximum atomic E-state index is 12.1. The van der Waals surface area contributed by atoms with Crippen molar-refractivity contribution in [2.45, 2.75) is 51.7 Å². The molecule has 1 rings (SSSR count). The van der Waals surface area contributed by atoms with Gasteiger partial charge in [-0.25, -0.2) is 0 Å². The predicted molar refractivity (Wildman–Crippen MR) is 62.7 cm³/mol. The Hall–Kier alpha value is -1.10. The molecule has 0 spiro atoms. The fourth-order valence-corrected chi connectivity index (χ4v) is 2.09. The molecule has 1 heterocycles. The molecule has 0 aliphatic carbocycles. The van der Waals surface area contributed by atoms with Gasteiger partial charge in [-0.15, -0.1) is 0 Å². The monoisotopic (exact) mass is 243 g/mol. The molecule has 1 fully saturated rings. The third-order valence-corrected chi connectivity index (χ3v) is 2.97. The number of aliphatic carboxylic acids is 1. The van der Waals surface area contributed by atoms with Crippen LogP contribution in [0.3, 0.4) is 0 Å². The quantitative estimate of drug-likeness (QED) is 0.762. The van der Waals surface area contributed by atoms with Crippen molar-refractivity contribution in [2.75, 3.05) is 13.1 Å². The van der Waals surface area contributed by atoms with Crippen LogP contribution in [0.2, 0.25) is 0 Å². The average Bonchev–Trinajstić information content (AvgIpc) is 2.75. The van der Waals surface area contributed by atoms with Gasteiger partial charge in [-0.2, -0.15) is 0 Å². The summed E-state index contributed by atoms with van der Waals surface area (Å²) >= 11 is 0. The van der Waals surface area contributed by atoms with Crippen LogP contribution in [-0.4, -0.2) is 47.2 Å². The predicted octanol–water partition coefficient (Wildman–Crippen LogP) is 1.27. The third kappa shape index (κ3) is 4.00. The van der Waals surface area contributed by atoms with Crippen molar-refractivity contribution in [1.82, 2.24) is 4.90 Å². The van der Waals surface area contributed by atoms with Crippen molar-refractivity contribution in [3.63, 3.8) is 0 Å². The third-order valence-electron chi connectivity index (χ3n) is 2.97. The first-order valence-electron chi connectivity index (χ1n) is 6.24. The largest absolute Gasteiger partial charge is 0.480 e. The number of carboxylic acids is 1. The SMILES string of the molecule is CCCN(CC(=O)O)C(=O)C1CCC(CC)O1. The highest BCUT2D eigenvalue weighted by molar-refractivity contribution is 5.84. The average molecular weight is 243 g/mol. The van der Waals surface area contributed by atoms with Gasteiger partial charge in [-0.1, -0.05) is 13.8 Å².